The summed E-state index contributed by atoms with van der Waals surface area (Å²) in [5.41, 5.74) is 3.37. The molecule has 1 aliphatic heterocycles. The van der Waals surface area contributed by atoms with E-state index in [9.17, 15) is 9.59 Å². The second kappa shape index (κ2) is 9.55. The van der Waals surface area contributed by atoms with E-state index in [1.807, 2.05) is 24.3 Å². The predicted molar refractivity (Wildman–Crippen MR) is 120 cm³/mol. The fraction of sp³-hybridized carbons (Fsp3) is 0.280. The van der Waals surface area contributed by atoms with Crippen molar-refractivity contribution in [1.29, 1.82) is 0 Å². The number of likely N-dealkylation sites (tertiary alicyclic amines) is 1. The van der Waals surface area contributed by atoms with E-state index in [4.69, 9.17) is 0 Å². The van der Waals surface area contributed by atoms with Crippen LogP contribution in [0.25, 0.3) is 11.3 Å². The van der Waals surface area contributed by atoms with Crippen LogP contribution in [0.1, 0.15) is 34.7 Å². The third kappa shape index (κ3) is 5.05. The van der Waals surface area contributed by atoms with E-state index in [-0.39, 0.29) is 11.5 Å². The molecule has 2 heterocycles. The van der Waals surface area contributed by atoms with Crippen molar-refractivity contribution in [2.75, 3.05) is 26.2 Å². The van der Waals surface area contributed by atoms with Crippen LogP contribution < -0.4 is 10.9 Å². The standard InChI is InChI=1S/C25H27N3O2/c29-24-13-5-12-23(27-24)20-9-4-10-21(17-20)25(30)26-14-16-28-15-6-11-22(18-28)19-7-2-1-3-8-19/h1-5,7-10,12-13,17,22H,6,11,14-16,18H2,(H,26,30)(H,27,29). The van der Waals surface area contributed by atoms with Gasteiger partial charge in [-0.3, -0.25) is 9.59 Å². The molecule has 1 saturated heterocycles. The Kier molecular flexibility index (Phi) is 6.40. The number of aromatic amines is 1. The van der Waals surface area contributed by atoms with Crippen molar-refractivity contribution in [2.45, 2.75) is 18.8 Å². The summed E-state index contributed by atoms with van der Waals surface area (Å²) in [6.07, 6.45) is 2.41. The van der Waals surface area contributed by atoms with Crippen LogP contribution in [0.2, 0.25) is 0 Å². The fourth-order valence-electron chi connectivity index (χ4n) is 4.13. The topological polar surface area (TPSA) is 65.2 Å². The van der Waals surface area contributed by atoms with Crippen LogP contribution >= 0.6 is 0 Å². The van der Waals surface area contributed by atoms with Gasteiger partial charge in [0.15, 0.2) is 0 Å². The molecule has 1 amide bonds. The zero-order chi connectivity index (χ0) is 20.8. The number of rotatable bonds is 6. The Hall–Kier alpha value is -3.18. The minimum Gasteiger partial charge on any atom is -0.351 e. The van der Waals surface area contributed by atoms with Gasteiger partial charge >= 0.3 is 0 Å². The quantitative estimate of drug-likeness (QED) is 0.663. The first kappa shape index (κ1) is 20.1. The highest BCUT2D eigenvalue weighted by atomic mass is 16.1. The Morgan fingerprint density at radius 3 is 2.70 bits per heavy atom. The lowest BCUT2D eigenvalue weighted by atomic mass is 9.91. The lowest BCUT2D eigenvalue weighted by Gasteiger charge is -2.33. The molecule has 0 spiro atoms. The van der Waals surface area contributed by atoms with Crippen molar-refractivity contribution in [3.8, 4) is 11.3 Å². The molecule has 4 rings (SSSR count). The predicted octanol–water partition coefficient (Wildman–Crippen LogP) is 3.65. The van der Waals surface area contributed by atoms with Crippen molar-refractivity contribution in [3.05, 3.63) is 94.3 Å². The number of aromatic nitrogens is 1. The second-order valence-electron chi connectivity index (χ2n) is 7.82. The molecule has 0 radical (unpaired) electrons. The summed E-state index contributed by atoms with van der Waals surface area (Å²) in [6.45, 7) is 3.58. The molecule has 2 N–H and O–H groups in total. The molecule has 3 aromatic rings. The number of nitrogens with one attached hydrogen (secondary N) is 2. The maximum Gasteiger partial charge on any atom is 0.251 e. The minimum absolute atomic E-state index is 0.0910. The molecule has 1 aromatic heterocycles. The number of amides is 1. The van der Waals surface area contributed by atoms with Gasteiger partial charge < -0.3 is 15.2 Å². The smallest absolute Gasteiger partial charge is 0.251 e. The highest BCUT2D eigenvalue weighted by Crippen LogP contribution is 2.26. The van der Waals surface area contributed by atoms with Crippen LogP contribution in [-0.4, -0.2) is 42.0 Å². The highest BCUT2D eigenvalue weighted by molar-refractivity contribution is 5.95. The summed E-state index contributed by atoms with van der Waals surface area (Å²) in [4.78, 5) is 29.4. The monoisotopic (exact) mass is 401 g/mol. The van der Waals surface area contributed by atoms with E-state index in [1.54, 1.807) is 12.1 Å². The summed E-state index contributed by atoms with van der Waals surface area (Å²) in [7, 11) is 0. The molecule has 1 unspecified atom stereocenters. The zero-order valence-corrected chi connectivity index (χ0v) is 17.0. The zero-order valence-electron chi connectivity index (χ0n) is 17.0. The maximum atomic E-state index is 12.6. The number of hydrogen-bond donors (Lipinski definition) is 2. The lowest BCUT2D eigenvalue weighted by molar-refractivity contribution is 0.0945. The van der Waals surface area contributed by atoms with Gasteiger partial charge in [0.25, 0.3) is 5.91 Å². The molecule has 5 nitrogen and oxygen atoms in total. The van der Waals surface area contributed by atoms with E-state index in [1.165, 1.54) is 24.5 Å². The first-order valence-corrected chi connectivity index (χ1v) is 10.5. The van der Waals surface area contributed by atoms with E-state index in [2.05, 4.69) is 45.5 Å². The average molecular weight is 402 g/mol. The van der Waals surface area contributed by atoms with Crippen LogP contribution in [0.5, 0.6) is 0 Å². The van der Waals surface area contributed by atoms with E-state index in [0.717, 1.165) is 25.2 Å². The molecule has 2 aromatic carbocycles. The molecule has 0 aliphatic carbocycles. The number of pyridine rings is 1. The number of benzene rings is 2. The van der Waals surface area contributed by atoms with Gasteiger partial charge in [0.1, 0.15) is 0 Å². The summed E-state index contributed by atoms with van der Waals surface area (Å²) in [6, 6.07) is 23.0. The normalized spacial score (nSPS) is 16.9. The molecular formula is C25H27N3O2. The number of H-pyrrole nitrogens is 1. The lowest BCUT2D eigenvalue weighted by Crippen LogP contribution is -2.40. The Labute approximate surface area is 176 Å². The fourth-order valence-corrected chi connectivity index (χ4v) is 4.13. The van der Waals surface area contributed by atoms with E-state index >= 15 is 0 Å². The van der Waals surface area contributed by atoms with Gasteiger partial charge in [-0.05, 0) is 54.6 Å². The number of carbonyl (C=O) groups excluding carboxylic acids is 1. The van der Waals surface area contributed by atoms with Crippen LogP contribution in [0.15, 0.2) is 77.6 Å². The molecular weight excluding hydrogens is 374 g/mol. The van der Waals surface area contributed by atoms with Gasteiger partial charge in [0.2, 0.25) is 5.56 Å². The van der Waals surface area contributed by atoms with Crippen molar-refractivity contribution < 1.29 is 4.79 Å². The van der Waals surface area contributed by atoms with Gasteiger partial charge in [-0.2, -0.15) is 0 Å². The first-order chi connectivity index (χ1) is 14.7. The first-order valence-electron chi connectivity index (χ1n) is 10.5. The molecule has 0 saturated carbocycles. The van der Waals surface area contributed by atoms with E-state index in [0.29, 0.717) is 23.7 Å². The molecule has 1 atom stereocenters. The molecule has 1 fully saturated rings. The third-order valence-electron chi connectivity index (χ3n) is 5.69. The number of nitrogens with zero attached hydrogens (tertiary/aromatic N) is 1. The van der Waals surface area contributed by atoms with Crippen molar-refractivity contribution in [3.63, 3.8) is 0 Å². The van der Waals surface area contributed by atoms with Crippen LogP contribution in [0.3, 0.4) is 0 Å². The van der Waals surface area contributed by atoms with Gasteiger partial charge in [-0.1, -0.05) is 48.5 Å². The Morgan fingerprint density at radius 1 is 1.03 bits per heavy atom. The molecule has 5 heteroatoms. The van der Waals surface area contributed by atoms with Gasteiger partial charge in [-0.25, -0.2) is 0 Å². The average Bonchev–Trinajstić information content (AvgIpc) is 2.80. The van der Waals surface area contributed by atoms with Gasteiger partial charge in [0.05, 0.1) is 0 Å². The summed E-state index contributed by atoms with van der Waals surface area (Å²) < 4.78 is 0. The third-order valence-corrected chi connectivity index (χ3v) is 5.69. The summed E-state index contributed by atoms with van der Waals surface area (Å²) in [5.74, 6) is 0.479. The molecule has 1 aliphatic rings. The van der Waals surface area contributed by atoms with Crippen LogP contribution in [0, 0.1) is 0 Å². The molecule has 0 bridgehead atoms. The largest absolute Gasteiger partial charge is 0.351 e. The van der Waals surface area contributed by atoms with Crippen LogP contribution in [0.4, 0.5) is 0 Å². The maximum absolute atomic E-state index is 12.6. The highest BCUT2D eigenvalue weighted by Gasteiger charge is 2.21. The SMILES string of the molecule is O=C(NCCN1CCCC(c2ccccc2)C1)c1cccc(-c2cccc(=O)[nH]2)c1. The minimum atomic E-state index is -0.155. The number of piperidine rings is 1. The Balaban J connectivity index is 1.32. The number of hydrogen-bond acceptors (Lipinski definition) is 3. The van der Waals surface area contributed by atoms with Crippen molar-refractivity contribution >= 4 is 5.91 Å². The van der Waals surface area contributed by atoms with Gasteiger partial charge in [-0.15, -0.1) is 0 Å². The van der Waals surface area contributed by atoms with Gasteiger partial charge in [0, 0.05) is 37.0 Å². The summed E-state index contributed by atoms with van der Waals surface area (Å²) >= 11 is 0. The Bertz CT molecular complexity index is 1050. The summed E-state index contributed by atoms with van der Waals surface area (Å²) in [5, 5.41) is 3.04. The molecule has 154 valence electrons. The van der Waals surface area contributed by atoms with Crippen molar-refractivity contribution in [2.24, 2.45) is 0 Å². The molecule has 30 heavy (non-hydrogen) atoms. The second-order valence-corrected chi connectivity index (χ2v) is 7.82. The van der Waals surface area contributed by atoms with E-state index < -0.39 is 0 Å². The number of carbonyl (C=O) groups is 1. The van der Waals surface area contributed by atoms with Crippen LogP contribution in [-0.2, 0) is 0 Å². The van der Waals surface area contributed by atoms with Crippen molar-refractivity contribution in [1.82, 2.24) is 15.2 Å². The Morgan fingerprint density at radius 2 is 1.87 bits per heavy atom.